The van der Waals surface area contributed by atoms with E-state index < -0.39 is 0 Å². The molecule has 78 valence electrons. The lowest BCUT2D eigenvalue weighted by Crippen LogP contribution is -2.07. The van der Waals surface area contributed by atoms with E-state index in [1.807, 2.05) is 31.1 Å². The minimum atomic E-state index is 0.526. The quantitative estimate of drug-likeness (QED) is 0.816. The standard InChI is InChI=1S/C9H15N3OS/c1-12(2)9-11-8(13-3)7(14-9)5-4-6-10/h4-5H,6,10H2,1-3H3. The van der Waals surface area contributed by atoms with Crippen LogP contribution >= 0.6 is 11.3 Å². The van der Waals surface area contributed by atoms with Crippen molar-refractivity contribution in [3.63, 3.8) is 0 Å². The van der Waals surface area contributed by atoms with Crippen molar-refractivity contribution in [3.8, 4) is 5.88 Å². The molecule has 0 aliphatic carbocycles. The number of hydrogen-bond acceptors (Lipinski definition) is 5. The summed E-state index contributed by atoms with van der Waals surface area (Å²) in [5.41, 5.74) is 5.38. The summed E-state index contributed by atoms with van der Waals surface area (Å²) in [6, 6.07) is 0. The van der Waals surface area contributed by atoms with Crippen molar-refractivity contribution in [1.82, 2.24) is 4.98 Å². The van der Waals surface area contributed by atoms with E-state index in [1.54, 1.807) is 18.4 Å². The predicted molar refractivity (Wildman–Crippen MR) is 61.1 cm³/mol. The number of rotatable bonds is 4. The van der Waals surface area contributed by atoms with Gasteiger partial charge in [0.15, 0.2) is 5.13 Å². The maximum Gasteiger partial charge on any atom is 0.233 e. The zero-order chi connectivity index (χ0) is 10.6. The Bertz CT molecular complexity index is 320. The SMILES string of the molecule is COc1nc(N(C)C)sc1C=CCN. The molecule has 14 heavy (non-hydrogen) atoms. The molecule has 0 aromatic carbocycles. The second kappa shape index (κ2) is 4.97. The summed E-state index contributed by atoms with van der Waals surface area (Å²) in [5.74, 6) is 0.656. The van der Waals surface area contributed by atoms with Crippen molar-refractivity contribution in [1.29, 1.82) is 0 Å². The topological polar surface area (TPSA) is 51.4 Å². The van der Waals surface area contributed by atoms with Gasteiger partial charge in [0.2, 0.25) is 5.88 Å². The van der Waals surface area contributed by atoms with E-state index in [1.165, 1.54) is 0 Å². The molecule has 0 amide bonds. The first-order valence-corrected chi connectivity index (χ1v) is 5.09. The van der Waals surface area contributed by atoms with E-state index in [0.29, 0.717) is 12.4 Å². The number of methoxy groups -OCH3 is 1. The van der Waals surface area contributed by atoms with Crippen molar-refractivity contribution in [3.05, 3.63) is 11.0 Å². The van der Waals surface area contributed by atoms with Gasteiger partial charge in [0.1, 0.15) is 0 Å². The van der Waals surface area contributed by atoms with E-state index >= 15 is 0 Å². The number of ether oxygens (including phenoxy) is 1. The number of nitrogens with two attached hydrogens (primary N) is 1. The lowest BCUT2D eigenvalue weighted by molar-refractivity contribution is 0.400. The average Bonchev–Trinajstić information content (AvgIpc) is 2.57. The van der Waals surface area contributed by atoms with Crippen LogP contribution in [-0.2, 0) is 0 Å². The van der Waals surface area contributed by atoms with Crippen LogP contribution in [0.15, 0.2) is 6.08 Å². The molecule has 1 aromatic rings. The molecule has 1 rings (SSSR count). The molecule has 2 N–H and O–H groups in total. The fraction of sp³-hybridized carbons (Fsp3) is 0.444. The molecule has 0 unspecified atom stereocenters. The van der Waals surface area contributed by atoms with Gasteiger partial charge in [0.05, 0.1) is 12.0 Å². The Hall–Kier alpha value is -1.07. The first-order chi connectivity index (χ1) is 6.69. The van der Waals surface area contributed by atoms with Gasteiger partial charge in [-0.15, -0.1) is 0 Å². The highest BCUT2D eigenvalue weighted by atomic mass is 32.1. The summed E-state index contributed by atoms with van der Waals surface area (Å²) < 4.78 is 5.15. The summed E-state index contributed by atoms with van der Waals surface area (Å²) in [6.45, 7) is 0.526. The van der Waals surface area contributed by atoms with Crippen LogP contribution in [-0.4, -0.2) is 32.7 Å². The van der Waals surface area contributed by atoms with Crippen LogP contribution < -0.4 is 15.4 Å². The second-order valence-electron chi connectivity index (χ2n) is 2.90. The minimum absolute atomic E-state index is 0.526. The maximum absolute atomic E-state index is 5.38. The van der Waals surface area contributed by atoms with Gasteiger partial charge in [-0.1, -0.05) is 17.4 Å². The van der Waals surface area contributed by atoms with Gasteiger partial charge in [-0.2, -0.15) is 4.98 Å². The van der Waals surface area contributed by atoms with E-state index in [9.17, 15) is 0 Å². The Kier molecular flexibility index (Phi) is 3.91. The summed E-state index contributed by atoms with van der Waals surface area (Å²) in [4.78, 5) is 7.26. The monoisotopic (exact) mass is 213 g/mol. The maximum atomic E-state index is 5.38. The predicted octanol–water partition coefficient (Wildman–Crippen LogP) is 1.19. The van der Waals surface area contributed by atoms with Gasteiger partial charge in [-0.25, -0.2) is 0 Å². The summed E-state index contributed by atoms with van der Waals surface area (Å²) in [5, 5.41) is 0.929. The third-order valence-electron chi connectivity index (χ3n) is 1.59. The van der Waals surface area contributed by atoms with Gasteiger partial charge in [-0.3, -0.25) is 0 Å². The number of nitrogens with zero attached hydrogens (tertiary/aromatic N) is 2. The lowest BCUT2D eigenvalue weighted by Gasteiger charge is -2.04. The molecule has 0 aliphatic heterocycles. The molecular weight excluding hydrogens is 198 g/mol. The van der Waals surface area contributed by atoms with Gasteiger partial charge >= 0.3 is 0 Å². The van der Waals surface area contributed by atoms with Crippen LogP contribution in [0, 0.1) is 0 Å². The Morgan fingerprint density at radius 3 is 2.79 bits per heavy atom. The largest absolute Gasteiger partial charge is 0.480 e. The van der Waals surface area contributed by atoms with Crippen LogP contribution in [0.2, 0.25) is 0 Å². The molecule has 0 aliphatic rings. The lowest BCUT2D eigenvalue weighted by atomic mass is 10.4. The summed E-state index contributed by atoms with van der Waals surface area (Å²) >= 11 is 1.58. The first kappa shape index (κ1) is 11.0. The fourth-order valence-electron chi connectivity index (χ4n) is 0.925. The molecule has 0 atom stereocenters. The molecule has 0 saturated carbocycles. The molecule has 5 heteroatoms. The van der Waals surface area contributed by atoms with Crippen LogP contribution in [0.1, 0.15) is 4.88 Å². The smallest absolute Gasteiger partial charge is 0.233 e. The molecule has 1 aromatic heterocycles. The second-order valence-corrected chi connectivity index (χ2v) is 3.91. The van der Waals surface area contributed by atoms with Gasteiger partial charge in [0.25, 0.3) is 0 Å². The van der Waals surface area contributed by atoms with E-state index in [2.05, 4.69) is 4.98 Å². The van der Waals surface area contributed by atoms with Crippen molar-refractivity contribution in [2.45, 2.75) is 0 Å². The summed E-state index contributed by atoms with van der Waals surface area (Å²) in [6.07, 6.45) is 3.82. The van der Waals surface area contributed by atoms with Crippen LogP contribution in [0.3, 0.4) is 0 Å². The molecule has 0 saturated heterocycles. The molecule has 1 heterocycles. The highest BCUT2D eigenvalue weighted by Crippen LogP contribution is 2.31. The highest BCUT2D eigenvalue weighted by Gasteiger charge is 2.09. The molecule has 4 nitrogen and oxygen atoms in total. The Morgan fingerprint density at radius 1 is 1.57 bits per heavy atom. The Balaban J connectivity index is 2.96. The Morgan fingerprint density at radius 2 is 2.29 bits per heavy atom. The number of hydrogen-bond donors (Lipinski definition) is 1. The normalized spacial score (nSPS) is 10.9. The third kappa shape index (κ3) is 2.46. The van der Waals surface area contributed by atoms with Gasteiger partial charge < -0.3 is 15.4 Å². The van der Waals surface area contributed by atoms with Crippen molar-refractivity contribution < 1.29 is 4.74 Å². The number of anilines is 1. The first-order valence-electron chi connectivity index (χ1n) is 4.27. The molecular formula is C9H15N3OS. The summed E-state index contributed by atoms with van der Waals surface area (Å²) in [7, 11) is 5.53. The van der Waals surface area contributed by atoms with E-state index in [-0.39, 0.29) is 0 Å². The van der Waals surface area contributed by atoms with Crippen molar-refractivity contribution >= 4 is 22.5 Å². The van der Waals surface area contributed by atoms with Crippen molar-refractivity contribution in [2.24, 2.45) is 5.73 Å². The number of thiazole rings is 1. The van der Waals surface area contributed by atoms with Gasteiger partial charge in [0, 0.05) is 20.6 Å². The molecule has 0 fully saturated rings. The molecule has 0 spiro atoms. The van der Waals surface area contributed by atoms with Crippen LogP contribution in [0.25, 0.3) is 6.08 Å². The number of aromatic nitrogens is 1. The molecule has 0 bridgehead atoms. The zero-order valence-corrected chi connectivity index (χ0v) is 9.47. The Labute approximate surface area is 88.0 Å². The van der Waals surface area contributed by atoms with E-state index in [4.69, 9.17) is 10.5 Å². The van der Waals surface area contributed by atoms with Crippen LogP contribution in [0.4, 0.5) is 5.13 Å². The van der Waals surface area contributed by atoms with E-state index in [0.717, 1.165) is 10.0 Å². The zero-order valence-electron chi connectivity index (χ0n) is 8.65. The van der Waals surface area contributed by atoms with Gasteiger partial charge in [-0.05, 0) is 6.08 Å². The average molecular weight is 213 g/mol. The minimum Gasteiger partial charge on any atom is -0.480 e. The van der Waals surface area contributed by atoms with Crippen molar-refractivity contribution in [2.75, 3.05) is 32.6 Å². The fourth-order valence-corrected chi connectivity index (χ4v) is 1.81. The van der Waals surface area contributed by atoms with Crippen LogP contribution in [0.5, 0.6) is 5.88 Å². The third-order valence-corrected chi connectivity index (χ3v) is 2.76. The molecule has 0 radical (unpaired) electrons. The highest BCUT2D eigenvalue weighted by molar-refractivity contribution is 7.16.